The number of nitrogens with zero attached hydrogens (tertiary/aromatic N) is 1. The predicted molar refractivity (Wildman–Crippen MR) is 55.0 cm³/mol. The molecule has 0 saturated carbocycles. The summed E-state index contributed by atoms with van der Waals surface area (Å²) in [5.41, 5.74) is 0. The maximum Gasteiger partial charge on any atom is 0.315 e. The second-order valence-corrected chi connectivity index (χ2v) is 3.73. The maximum absolute atomic E-state index is 11.3. The van der Waals surface area contributed by atoms with E-state index in [4.69, 9.17) is 0 Å². The summed E-state index contributed by atoms with van der Waals surface area (Å²) in [6.07, 6.45) is 0. The van der Waals surface area contributed by atoms with Gasteiger partial charge in [-0.1, -0.05) is 0 Å². The van der Waals surface area contributed by atoms with Gasteiger partial charge in [-0.05, 0) is 20.8 Å². The van der Waals surface area contributed by atoms with Crippen molar-refractivity contribution in [3.8, 4) is 0 Å². The first-order valence-electron chi connectivity index (χ1n) is 4.62. The van der Waals surface area contributed by atoms with Crippen LogP contribution in [-0.2, 0) is 4.79 Å². The summed E-state index contributed by atoms with van der Waals surface area (Å²) < 4.78 is 0. The van der Waals surface area contributed by atoms with Crippen molar-refractivity contribution in [2.24, 2.45) is 0 Å². The Labute approximate surface area is 84.8 Å². The van der Waals surface area contributed by atoms with E-state index in [2.05, 4.69) is 10.6 Å². The molecule has 0 aliphatic rings. The Kier molecular flexibility index (Phi) is 4.97. The van der Waals surface area contributed by atoms with Gasteiger partial charge in [0, 0.05) is 20.1 Å². The predicted octanol–water partition coefficient (Wildman–Crippen LogP) is 0.171. The van der Waals surface area contributed by atoms with Gasteiger partial charge in [-0.3, -0.25) is 4.79 Å². The van der Waals surface area contributed by atoms with Crippen LogP contribution in [0.15, 0.2) is 0 Å². The number of carbonyl (C=O) groups is 2. The van der Waals surface area contributed by atoms with Crippen molar-refractivity contribution < 1.29 is 9.59 Å². The second-order valence-electron chi connectivity index (χ2n) is 3.73. The Morgan fingerprint density at radius 3 is 1.93 bits per heavy atom. The Bertz CT molecular complexity index is 214. The van der Waals surface area contributed by atoms with Crippen LogP contribution in [0.1, 0.15) is 20.8 Å². The van der Waals surface area contributed by atoms with Gasteiger partial charge in [-0.2, -0.15) is 0 Å². The van der Waals surface area contributed by atoms with Crippen LogP contribution in [0.25, 0.3) is 0 Å². The third kappa shape index (κ3) is 4.69. The van der Waals surface area contributed by atoms with E-state index in [1.54, 1.807) is 21.0 Å². The van der Waals surface area contributed by atoms with Gasteiger partial charge in [0.25, 0.3) is 0 Å². The molecule has 5 heteroatoms. The quantitative estimate of drug-likeness (QED) is 0.684. The largest absolute Gasteiger partial charge is 0.347 e. The van der Waals surface area contributed by atoms with Crippen LogP contribution in [0.4, 0.5) is 4.79 Å². The lowest BCUT2D eigenvalue weighted by molar-refractivity contribution is -0.130. The minimum atomic E-state index is -0.497. The summed E-state index contributed by atoms with van der Waals surface area (Å²) >= 11 is 0. The molecule has 0 radical (unpaired) electrons. The summed E-state index contributed by atoms with van der Waals surface area (Å²) in [4.78, 5) is 24.0. The second kappa shape index (κ2) is 5.47. The molecular weight excluding hydrogens is 182 g/mol. The number of hydrogen-bond donors (Lipinski definition) is 2. The van der Waals surface area contributed by atoms with E-state index >= 15 is 0 Å². The average Bonchev–Trinajstić information content (AvgIpc) is 2.00. The van der Waals surface area contributed by atoms with E-state index in [9.17, 15) is 9.59 Å². The van der Waals surface area contributed by atoms with E-state index in [1.165, 1.54) is 4.90 Å². The lowest BCUT2D eigenvalue weighted by Gasteiger charge is -2.19. The molecular formula is C9H19N3O2. The monoisotopic (exact) mass is 201 g/mol. The molecule has 0 aromatic rings. The van der Waals surface area contributed by atoms with E-state index in [-0.39, 0.29) is 18.0 Å². The van der Waals surface area contributed by atoms with Gasteiger partial charge in [0.15, 0.2) is 0 Å². The Morgan fingerprint density at radius 2 is 1.57 bits per heavy atom. The molecule has 0 saturated heterocycles. The summed E-state index contributed by atoms with van der Waals surface area (Å²) in [5, 5.41) is 5.20. The highest BCUT2D eigenvalue weighted by Gasteiger charge is 2.16. The first-order chi connectivity index (χ1) is 6.34. The number of carbonyl (C=O) groups excluding carboxylic acids is 2. The van der Waals surface area contributed by atoms with Gasteiger partial charge in [0.05, 0.1) is 0 Å². The zero-order chi connectivity index (χ0) is 11.3. The van der Waals surface area contributed by atoms with Crippen molar-refractivity contribution in [1.29, 1.82) is 0 Å². The number of nitrogens with one attached hydrogen (secondary N) is 2. The molecule has 1 unspecified atom stereocenters. The summed E-state index contributed by atoms with van der Waals surface area (Å²) in [7, 11) is 3.31. The maximum atomic E-state index is 11.3. The molecule has 0 aliphatic heterocycles. The number of rotatable bonds is 3. The van der Waals surface area contributed by atoms with Gasteiger partial charge in [0.1, 0.15) is 6.04 Å². The van der Waals surface area contributed by atoms with Crippen molar-refractivity contribution in [2.75, 3.05) is 14.1 Å². The number of amides is 3. The third-order valence-electron chi connectivity index (χ3n) is 1.58. The minimum Gasteiger partial charge on any atom is -0.347 e. The molecule has 0 aromatic carbocycles. The highest BCUT2D eigenvalue weighted by molar-refractivity contribution is 5.86. The first-order valence-corrected chi connectivity index (χ1v) is 4.62. The van der Waals surface area contributed by atoms with Crippen LogP contribution in [0.5, 0.6) is 0 Å². The van der Waals surface area contributed by atoms with Crippen LogP contribution in [0.3, 0.4) is 0 Å². The Hall–Kier alpha value is -1.26. The molecule has 0 bridgehead atoms. The molecule has 2 N–H and O–H groups in total. The highest BCUT2D eigenvalue weighted by atomic mass is 16.2. The van der Waals surface area contributed by atoms with E-state index in [0.29, 0.717) is 0 Å². The van der Waals surface area contributed by atoms with Crippen LogP contribution >= 0.6 is 0 Å². The molecule has 82 valence electrons. The van der Waals surface area contributed by atoms with Gasteiger partial charge in [-0.25, -0.2) is 4.79 Å². The molecule has 5 nitrogen and oxygen atoms in total. The molecule has 0 aromatic heterocycles. The molecule has 0 spiro atoms. The third-order valence-corrected chi connectivity index (χ3v) is 1.58. The summed E-state index contributed by atoms with van der Waals surface area (Å²) in [6, 6.07) is -0.747. The van der Waals surface area contributed by atoms with Gasteiger partial charge < -0.3 is 15.5 Å². The van der Waals surface area contributed by atoms with Gasteiger partial charge in [-0.15, -0.1) is 0 Å². The molecule has 14 heavy (non-hydrogen) atoms. The standard InChI is InChI=1S/C9H19N3O2/c1-6(2)10-9(14)11-7(3)8(13)12(4)5/h6-7H,1-5H3,(H2,10,11,14). The van der Waals surface area contributed by atoms with Crippen molar-refractivity contribution >= 4 is 11.9 Å². The van der Waals surface area contributed by atoms with Crippen LogP contribution in [0, 0.1) is 0 Å². The molecule has 3 amide bonds. The fraction of sp³-hybridized carbons (Fsp3) is 0.778. The zero-order valence-electron chi connectivity index (χ0n) is 9.42. The van der Waals surface area contributed by atoms with Crippen molar-refractivity contribution in [3.63, 3.8) is 0 Å². The van der Waals surface area contributed by atoms with Crippen LogP contribution in [-0.4, -0.2) is 43.0 Å². The molecule has 0 fully saturated rings. The number of likely N-dealkylation sites (N-methyl/N-ethyl adjacent to an activating group) is 1. The van der Waals surface area contributed by atoms with Crippen molar-refractivity contribution in [1.82, 2.24) is 15.5 Å². The summed E-state index contributed by atoms with van der Waals surface area (Å²) in [6.45, 7) is 5.37. The Balaban J connectivity index is 4.00. The SMILES string of the molecule is CC(C)NC(=O)NC(C)C(=O)N(C)C. The molecule has 0 rings (SSSR count). The van der Waals surface area contributed by atoms with Crippen LogP contribution < -0.4 is 10.6 Å². The van der Waals surface area contributed by atoms with E-state index in [0.717, 1.165) is 0 Å². The molecule has 1 atom stereocenters. The topological polar surface area (TPSA) is 61.4 Å². The summed E-state index contributed by atoms with van der Waals surface area (Å²) in [5.74, 6) is -0.121. The van der Waals surface area contributed by atoms with Gasteiger partial charge >= 0.3 is 6.03 Å². The normalized spacial score (nSPS) is 12.1. The van der Waals surface area contributed by atoms with Gasteiger partial charge in [0.2, 0.25) is 5.91 Å². The zero-order valence-corrected chi connectivity index (χ0v) is 9.42. The van der Waals surface area contributed by atoms with E-state index < -0.39 is 6.04 Å². The van der Waals surface area contributed by atoms with Crippen LogP contribution in [0.2, 0.25) is 0 Å². The molecule has 0 aliphatic carbocycles. The average molecular weight is 201 g/mol. The van der Waals surface area contributed by atoms with Crippen molar-refractivity contribution in [3.05, 3.63) is 0 Å². The lowest BCUT2D eigenvalue weighted by atomic mass is 10.3. The lowest BCUT2D eigenvalue weighted by Crippen LogP contribution is -2.49. The fourth-order valence-electron chi connectivity index (χ4n) is 0.950. The minimum absolute atomic E-state index is 0.0664. The fourth-order valence-corrected chi connectivity index (χ4v) is 0.950. The van der Waals surface area contributed by atoms with E-state index in [1.807, 2.05) is 13.8 Å². The number of urea groups is 1. The smallest absolute Gasteiger partial charge is 0.315 e. The number of hydrogen-bond acceptors (Lipinski definition) is 2. The first kappa shape index (κ1) is 12.7. The Morgan fingerprint density at radius 1 is 1.07 bits per heavy atom. The molecule has 0 heterocycles. The highest BCUT2D eigenvalue weighted by Crippen LogP contribution is 1.88. The van der Waals surface area contributed by atoms with Crippen molar-refractivity contribution in [2.45, 2.75) is 32.9 Å².